The first-order valence-electron chi connectivity index (χ1n) is 9.74. The molecule has 4 rings (SSSR count). The van der Waals surface area contributed by atoms with E-state index in [1.165, 1.54) is 11.8 Å². The summed E-state index contributed by atoms with van der Waals surface area (Å²) in [7, 11) is 0. The van der Waals surface area contributed by atoms with E-state index < -0.39 is 0 Å². The predicted octanol–water partition coefficient (Wildman–Crippen LogP) is 4.86. The highest BCUT2D eigenvalue weighted by Gasteiger charge is 2.27. The van der Waals surface area contributed by atoms with E-state index in [9.17, 15) is 9.59 Å². The number of para-hydroxylation sites is 1. The Labute approximate surface area is 179 Å². The van der Waals surface area contributed by atoms with Crippen LogP contribution in [0.1, 0.15) is 34.6 Å². The summed E-state index contributed by atoms with van der Waals surface area (Å²) >= 11 is 1.42. The third-order valence-corrected chi connectivity index (χ3v) is 5.78. The maximum Gasteiger partial charge on any atom is 0.261 e. The van der Waals surface area contributed by atoms with E-state index in [0.29, 0.717) is 40.7 Å². The summed E-state index contributed by atoms with van der Waals surface area (Å²) in [5.41, 5.74) is 2.50. The molecule has 2 heterocycles. The molecule has 0 atom stereocenters. The highest BCUT2D eigenvalue weighted by molar-refractivity contribution is 7.99. The summed E-state index contributed by atoms with van der Waals surface area (Å²) < 4.78 is 5.57. The summed E-state index contributed by atoms with van der Waals surface area (Å²) in [6, 6.07) is 16.2. The number of pyridine rings is 1. The zero-order valence-corrected chi connectivity index (χ0v) is 17.5. The van der Waals surface area contributed by atoms with Crippen molar-refractivity contribution in [2.24, 2.45) is 0 Å². The second kappa shape index (κ2) is 8.59. The SMILES string of the molecule is CCOc1ccccc1C(=O)Nc1ccc2c(c1)Sc1ncccc1C(=O)N2CC. The van der Waals surface area contributed by atoms with E-state index >= 15 is 0 Å². The quantitative estimate of drug-likeness (QED) is 0.639. The van der Waals surface area contributed by atoms with Crippen LogP contribution in [0.15, 0.2) is 70.7 Å². The lowest BCUT2D eigenvalue weighted by atomic mass is 10.1. The number of nitrogens with one attached hydrogen (secondary N) is 1. The average molecular weight is 420 g/mol. The van der Waals surface area contributed by atoms with Gasteiger partial charge < -0.3 is 15.0 Å². The molecule has 0 radical (unpaired) electrons. The number of ether oxygens (including phenoxy) is 1. The van der Waals surface area contributed by atoms with Crippen molar-refractivity contribution in [1.82, 2.24) is 4.98 Å². The normalized spacial score (nSPS) is 12.6. The van der Waals surface area contributed by atoms with E-state index in [4.69, 9.17) is 4.74 Å². The van der Waals surface area contributed by atoms with Crippen LogP contribution < -0.4 is 15.0 Å². The van der Waals surface area contributed by atoms with Crippen LogP contribution in [0.25, 0.3) is 0 Å². The van der Waals surface area contributed by atoms with Gasteiger partial charge in [-0.25, -0.2) is 4.98 Å². The number of amides is 2. The largest absolute Gasteiger partial charge is 0.493 e. The minimum absolute atomic E-state index is 0.0747. The second-order valence-corrected chi connectivity index (χ2v) is 7.60. The van der Waals surface area contributed by atoms with Crippen LogP contribution in [0.3, 0.4) is 0 Å². The molecule has 2 aromatic carbocycles. The zero-order chi connectivity index (χ0) is 21.1. The molecular formula is C23H21N3O3S. The maximum absolute atomic E-state index is 13.0. The van der Waals surface area contributed by atoms with Crippen molar-refractivity contribution in [2.75, 3.05) is 23.4 Å². The van der Waals surface area contributed by atoms with Gasteiger partial charge in [0.1, 0.15) is 10.8 Å². The van der Waals surface area contributed by atoms with E-state index in [1.54, 1.807) is 47.5 Å². The number of hydrogen-bond acceptors (Lipinski definition) is 5. The Morgan fingerprint density at radius 3 is 2.77 bits per heavy atom. The molecule has 0 saturated carbocycles. The van der Waals surface area contributed by atoms with E-state index in [0.717, 1.165) is 10.6 Å². The fourth-order valence-corrected chi connectivity index (χ4v) is 4.39. The minimum atomic E-state index is -0.250. The Morgan fingerprint density at radius 2 is 1.97 bits per heavy atom. The molecule has 6 nitrogen and oxygen atoms in total. The Morgan fingerprint density at radius 1 is 1.13 bits per heavy atom. The summed E-state index contributed by atoms with van der Waals surface area (Å²) in [6.45, 7) is 4.83. The Hall–Kier alpha value is -3.32. The number of benzene rings is 2. The molecule has 1 aromatic heterocycles. The molecule has 0 unspecified atom stereocenters. The molecule has 0 spiro atoms. The third kappa shape index (κ3) is 3.76. The van der Waals surface area contributed by atoms with Crippen LogP contribution in [0.2, 0.25) is 0 Å². The summed E-state index contributed by atoms with van der Waals surface area (Å²) in [5, 5.41) is 3.60. The Bertz CT molecular complexity index is 1120. The number of rotatable bonds is 5. The predicted molar refractivity (Wildman–Crippen MR) is 118 cm³/mol. The Kier molecular flexibility index (Phi) is 5.72. The number of nitrogens with zero attached hydrogens (tertiary/aromatic N) is 2. The smallest absolute Gasteiger partial charge is 0.261 e. The molecular weight excluding hydrogens is 398 g/mol. The van der Waals surface area contributed by atoms with Crippen LogP contribution in [-0.4, -0.2) is 29.9 Å². The lowest BCUT2D eigenvalue weighted by molar-refractivity contribution is 0.0983. The molecule has 30 heavy (non-hydrogen) atoms. The van der Waals surface area contributed by atoms with Crippen LogP contribution in [0, 0.1) is 0 Å². The van der Waals surface area contributed by atoms with Crippen molar-refractivity contribution in [2.45, 2.75) is 23.8 Å². The monoisotopic (exact) mass is 419 g/mol. The average Bonchev–Trinajstić information content (AvgIpc) is 2.87. The maximum atomic E-state index is 13.0. The minimum Gasteiger partial charge on any atom is -0.493 e. The fraction of sp³-hybridized carbons (Fsp3) is 0.174. The number of hydrogen-bond donors (Lipinski definition) is 1. The van der Waals surface area contributed by atoms with Crippen LogP contribution in [0.4, 0.5) is 11.4 Å². The van der Waals surface area contributed by atoms with Crippen molar-refractivity contribution in [1.29, 1.82) is 0 Å². The van der Waals surface area contributed by atoms with Gasteiger partial charge in [0.05, 0.1) is 23.4 Å². The molecule has 1 aliphatic heterocycles. The van der Waals surface area contributed by atoms with Crippen molar-refractivity contribution in [3.8, 4) is 5.75 Å². The van der Waals surface area contributed by atoms with Gasteiger partial charge in [0, 0.05) is 23.3 Å². The van der Waals surface area contributed by atoms with Gasteiger partial charge in [0.2, 0.25) is 0 Å². The topological polar surface area (TPSA) is 71.5 Å². The molecule has 0 aliphatic carbocycles. The molecule has 7 heteroatoms. The number of anilines is 2. The molecule has 1 N–H and O–H groups in total. The van der Waals surface area contributed by atoms with Gasteiger partial charge in [-0.05, 0) is 56.3 Å². The molecule has 2 amide bonds. The summed E-state index contributed by atoms with van der Waals surface area (Å²) in [5.74, 6) is 0.219. The van der Waals surface area contributed by atoms with Gasteiger partial charge in [-0.3, -0.25) is 9.59 Å². The number of fused-ring (bicyclic) bond motifs is 2. The molecule has 0 saturated heterocycles. The lowest BCUT2D eigenvalue weighted by Crippen LogP contribution is -2.30. The van der Waals surface area contributed by atoms with Crippen LogP contribution in [0.5, 0.6) is 5.75 Å². The van der Waals surface area contributed by atoms with Crippen molar-refractivity contribution in [3.05, 3.63) is 71.9 Å². The molecule has 152 valence electrons. The molecule has 3 aromatic rings. The van der Waals surface area contributed by atoms with Gasteiger partial charge >= 0.3 is 0 Å². The first-order valence-corrected chi connectivity index (χ1v) is 10.6. The van der Waals surface area contributed by atoms with Crippen LogP contribution in [-0.2, 0) is 0 Å². The van der Waals surface area contributed by atoms with E-state index in [2.05, 4.69) is 10.3 Å². The lowest BCUT2D eigenvalue weighted by Gasteiger charge is -2.21. The van der Waals surface area contributed by atoms with Gasteiger partial charge in [0.25, 0.3) is 11.8 Å². The van der Waals surface area contributed by atoms with Crippen molar-refractivity contribution < 1.29 is 14.3 Å². The van der Waals surface area contributed by atoms with Gasteiger partial charge in [-0.1, -0.05) is 23.9 Å². The van der Waals surface area contributed by atoms with E-state index in [1.807, 2.05) is 32.0 Å². The van der Waals surface area contributed by atoms with Gasteiger partial charge in [0.15, 0.2) is 0 Å². The Balaban J connectivity index is 1.67. The summed E-state index contributed by atoms with van der Waals surface area (Å²) in [6.07, 6.45) is 1.68. The van der Waals surface area contributed by atoms with Gasteiger partial charge in [-0.15, -0.1) is 0 Å². The number of carbonyl (C=O) groups is 2. The standard InChI is InChI=1S/C23H21N3O3S/c1-3-26-18-12-11-15(25-21(27)16-8-5-6-10-19(16)29-4-2)14-20(18)30-22-17(23(26)28)9-7-13-24-22/h5-14H,3-4H2,1-2H3,(H,25,27). The van der Waals surface area contributed by atoms with Crippen molar-refractivity contribution >= 4 is 35.0 Å². The number of carbonyl (C=O) groups excluding carboxylic acids is 2. The van der Waals surface area contributed by atoms with Crippen molar-refractivity contribution in [3.63, 3.8) is 0 Å². The first-order chi connectivity index (χ1) is 14.6. The third-order valence-electron chi connectivity index (χ3n) is 4.71. The molecule has 0 fully saturated rings. The first kappa shape index (κ1) is 20.0. The highest BCUT2D eigenvalue weighted by atomic mass is 32.2. The second-order valence-electron chi connectivity index (χ2n) is 6.57. The highest BCUT2D eigenvalue weighted by Crippen LogP contribution is 2.41. The van der Waals surface area contributed by atoms with E-state index in [-0.39, 0.29) is 11.8 Å². The summed E-state index contributed by atoms with van der Waals surface area (Å²) in [4.78, 5) is 32.8. The van der Waals surface area contributed by atoms with Gasteiger partial charge in [-0.2, -0.15) is 0 Å². The fourth-order valence-electron chi connectivity index (χ4n) is 3.34. The zero-order valence-electron chi connectivity index (χ0n) is 16.7. The van der Waals surface area contributed by atoms with Crippen LogP contribution >= 0.6 is 11.8 Å². The molecule has 0 bridgehead atoms. The molecule has 1 aliphatic rings. The number of aromatic nitrogens is 1.